The number of carbonyl (C=O) groups is 1. The summed E-state index contributed by atoms with van der Waals surface area (Å²) in [7, 11) is 0. The van der Waals surface area contributed by atoms with Crippen LogP contribution in [-0.2, 0) is 0 Å². The van der Waals surface area contributed by atoms with Crippen LogP contribution in [-0.4, -0.2) is 59.8 Å². The molecule has 1 N–H and O–H groups in total. The van der Waals surface area contributed by atoms with Crippen molar-refractivity contribution in [2.45, 2.75) is 27.2 Å². The number of hydrogen-bond donors (Lipinski definition) is 1. The van der Waals surface area contributed by atoms with Crippen molar-refractivity contribution in [3.8, 4) is 0 Å². The van der Waals surface area contributed by atoms with E-state index in [0.29, 0.717) is 12.5 Å². The van der Waals surface area contributed by atoms with Gasteiger partial charge in [-0.1, -0.05) is 26.8 Å². The molecule has 1 aliphatic heterocycles. The van der Waals surface area contributed by atoms with E-state index in [1.165, 1.54) is 0 Å². The van der Waals surface area contributed by atoms with E-state index in [9.17, 15) is 4.79 Å². The van der Waals surface area contributed by atoms with Gasteiger partial charge in [-0.15, -0.1) is 0 Å². The van der Waals surface area contributed by atoms with Gasteiger partial charge in [0.05, 0.1) is 11.2 Å². The number of nitrogens with zero attached hydrogens (tertiary/aromatic N) is 4. The number of piperazine rings is 1. The summed E-state index contributed by atoms with van der Waals surface area (Å²) in [5, 5.41) is 2.98. The lowest BCUT2D eigenvalue weighted by Gasteiger charge is -2.35. The van der Waals surface area contributed by atoms with Crippen molar-refractivity contribution in [3.05, 3.63) is 24.5 Å². The molecule has 0 saturated carbocycles. The van der Waals surface area contributed by atoms with Gasteiger partial charge < -0.3 is 15.1 Å². The molecule has 6 heteroatoms. The number of imidazole rings is 1. The quantitative estimate of drug-likeness (QED) is 0.907. The number of aromatic nitrogens is 2. The van der Waals surface area contributed by atoms with Gasteiger partial charge in [0.25, 0.3) is 0 Å². The molecule has 2 aromatic rings. The van der Waals surface area contributed by atoms with Crippen LogP contribution in [0.15, 0.2) is 24.5 Å². The summed E-state index contributed by atoms with van der Waals surface area (Å²) in [4.78, 5) is 21.8. The number of fused-ring (bicyclic) bond motifs is 1. The molecule has 1 aliphatic rings. The molecule has 136 valence electrons. The van der Waals surface area contributed by atoms with Gasteiger partial charge in [0.15, 0.2) is 0 Å². The van der Waals surface area contributed by atoms with Gasteiger partial charge in [0.1, 0.15) is 11.8 Å². The van der Waals surface area contributed by atoms with Crippen molar-refractivity contribution in [2.24, 2.45) is 5.92 Å². The zero-order chi connectivity index (χ0) is 17.8. The fraction of sp³-hybridized carbons (Fsp3) is 0.579. The van der Waals surface area contributed by atoms with Crippen LogP contribution in [0.25, 0.3) is 11.0 Å². The second-order valence-corrected chi connectivity index (χ2v) is 7.10. The minimum Gasteiger partial charge on any atom is -0.367 e. The molecule has 6 nitrogen and oxygen atoms in total. The molecule has 0 unspecified atom stereocenters. The normalized spacial score (nSPS) is 15.9. The highest BCUT2D eigenvalue weighted by molar-refractivity contribution is 5.95. The first-order valence-electron chi connectivity index (χ1n) is 9.31. The summed E-state index contributed by atoms with van der Waals surface area (Å²) in [5.74, 6) is 0.577. The Hall–Kier alpha value is -2.08. The summed E-state index contributed by atoms with van der Waals surface area (Å²) in [5.41, 5.74) is 2.91. The van der Waals surface area contributed by atoms with Crippen LogP contribution in [0.2, 0.25) is 0 Å². The lowest BCUT2D eigenvalue weighted by Crippen LogP contribution is -2.46. The Morgan fingerprint density at radius 3 is 2.68 bits per heavy atom. The van der Waals surface area contributed by atoms with Crippen LogP contribution in [0.3, 0.4) is 0 Å². The number of para-hydroxylation sites is 1. The van der Waals surface area contributed by atoms with Crippen molar-refractivity contribution >= 4 is 22.8 Å². The second-order valence-electron chi connectivity index (χ2n) is 7.10. The molecular weight excluding hydrogens is 314 g/mol. The SMILES string of the molecule is CCN1CCN(c2cccc3c2ncn3C(=O)NCCC(C)C)CC1. The first kappa shape index (κ1) is 17.7. The van der Waals surface area contributed by atoms with Gasteiger partial charge in [-0.05, 0) is 31.0 Å². The van der Waals surface area contributed by atoms with Crippen molar-refractivity contribution in [2.75, 3.05) is 44.2 Å². The Balaban J connectivity index is 1.77. The van der Waals surface area contributed by atoms with Crippen LogP contribution >= 0.6 is 0 Å². The third-order valence-corrected chi connectivity index (χ3v) is 4.93. The number of anilines is 1. The average molecular weight is 343 g/mol. The van der Waals surface area contributed by atoms with Crippen LogP contribution < -0.4 is 10.2 Å². The van der Waals surface area contributed by atoms with Crippen LogP contribution in [0.5, 0.6) is 0 Å². The van der Waals surface area contributed by atoms with E-state index in [-0.39, 0.29) is 6.03 Å². The maximum Gasteiger partial charge on any atom is 0.327 e. The van der Waals surface area contributed by atoms with Crippen LogP contribution in [0, 0.1) is 5.92 Å². The molecule has 3 rings (SSSR count). The lowest BCUT2D eigenvalue weighted by atomic mass is 10.1. The summed E-state index contributed by atoms with van der Waals surface area (Å²) in [6, 6.07) is 5.99. The molecule has 0 spiro atoms. The molecule has 1 saturated heterocycles. The minimum atomic E-state index is -0.101. The standard InChI is InChI=1S/C19H29N5O/c1-4-22-10-12-23(13-11-22)16-6-5-7-17-18(16)21-14-24(17)19(25)20-9-8-15(2)3/h5-7,14-15H,4,8-13H2,1-3H3,(H,20,25). The molecule has 0 aliphatic carbocycles. The number of rotatable bonds is 5. The van der Waals surface area contributed by atoms with Gasteiger partial charge in [-0.3, -0.25) is 4.57 Å². The fourth-order valence-corrected chi connectivity index (χ4v) is 3.30. The first-order valence-corrected chi connectivity index (χ1v) is 9.31. The maximum absolute atomic E-state index is 12.5. The Morgan fingerprint density at radius 1 is 1.24 bits per heavy atom. The van der Waals surface area contributed by atoms with Gasteiger partial charge in [0, 0.05) is 32.7 Å². The van der Waals surface area contributed by atoms with Crippen molar-refractivity contribution in [3.63, 3.8) is 0 Å². The first-order chi connectivity index (χ1) is 12.1. The summed E-state index contributed by atoms with van der Waals surface area (Å²) in [6.07, 6.45) is 2.62. The third kappa shape index (κ3) is 3.95. The van der Waals surface area contributed by atoms with E-state index < -0.39 is 0 Å². The molecule has 0 atom stereocenters. The van der Waals surface area contributed by atoms with E-state index in [0.717, 1.165) is 55.9 Å². The zero-order valence-electron chi connectivity index (χ0n) is 15.5. The highest BCUT2D eigenvalue weighted by atomic mass is 16.2. The zero-order valence-corrected chi connectivity index (χ0v) is 15.5. The summed E-state index contributed by atoms with van der Waals surface area (Å²) >= 11 is 0. The maximum atomic E-state index is 12.5. The van der Waals surface area contributed by atoms with Gasteiger partial charge in [0.2, 0.25) is 0 Å². The molecular formula is C19H29N5O. The predicted octanol–water partition coefficient (Wildman–Crippen LogP) is 2.78. The Kier molecular flexibility index (Phi) is 5.58. The second kappa shape index (κ2) is 7.87. The third-order valence-electron chi connectivity index (χ3n) is 4.93. The molecule has 1 fully saturated rings. The topological polar surface area (TPSA) is 53.4 Å². The molecule has 0 bridgehead atoms. The Labute approximate surface area is 149 Å². The van der Waals surface area contributed by atoms with Crippen molar-refractivity contribution in [1.29, 1.82) is 0 Å². The van der Waals surface area contributed by atoms with Crippen molar-refractivity contribution in [1.82, 2.24) is 19.8 Å². The Morgan fingerprint density at radius 2 is 2.00 bits per heavy atom. The number of likely N-dealkylation sites (N-methyl/N-ethyl adjacent to an activating group) is 1. The molecule has 2 heterocycles. The smallest absolute Gasteiger partial charge is 0.327 e. The highest BCUT2D eigenvalue weighted by Crippen LogP contribution is 2.26. The number of benzene rings is 1. The van der Waals surface area contributed by atoms with Gasteiger partial charge >= 0.3 is 6.03 Å². The largest absolute Gasteiger partial charge is 0.367 e. The van der Waals surface area contributed by atoms with Gasteiger partial charge in [-0.25, -0.2) is 9.78 Å². The molecule has 1 amide bonds. The lowest BCUT2D eigenvalue weighted by molar-refractivity contribution is 0.242. The fourth-order valence-electron chi connectivity index (χ4n) is 3.30. The molecule has 0 radical (unpaired) electrons. The predicted molar refractivity (Wildman–Crippen MR) is 102 cm³/mol. The van der Waals surface area contributed by atoms with Crippen molar-refractivity contribution < 1.29 is 4.79 Å². The van der Waals surface area contributed by atoms with E-state index >= 15 is 0 Å². The number of carbonyl (C=O) groups excluding carboxylic acids is 1. The van der Waals surface area contributed by atoms with E-state index in [2.05, 4.69) is 46.9 Å². The van der Waals surface area contributed by atoms with Crippen LogP contribution in [0.1, 0.15) is 27.2 Å². The average Bonchev–Trinajstić information content (AvgIpc) is 3.05. The monoisotopic (exact) mass is 343 g/mol. The number of nitrogens with one attached hydrogen (secondary N) is 1. The molecule has 1 aromatic heterocycles. The van der Waals surface area contributed by atoms with Crippen LogP contribution in [0.4, 0.5) is 10.5 Å². The molecule has 1 aromatic carbocycles. The molecule has 25 heavy (non-hydrogen) atoms. The highest BCUT2D eigenvalue weighted by Gasteiger charge is 2.20. The van der Waals surface area contributed by atoms with E-state index in [1.807, 2.05) is 12.1 Å². The Bertz CT molecular complexity index is 716. The minimum absolute atomic E-state index is 0.101. The number of amides is 1. The van der Waals surface area contributed by atoms with E-state index in [1.54, 1.807) is 10.9 Å². The van der Waals surface area contributed by atoms with Gasteiger partial charge in [-0.2, -0.15) is 0 Å². The van der Waals surface area contributed by atoms with E-state index in [4.69, 9.17) is 0 Å². The summed E-state index contributed by atoms with van der Waals surface area (Å²) in [6.45, 7) is 12.5. The number of hydrogen-bond acceptors (Lipinski definition) is 4. The summed E-state index contributed by atoms with van der Waals surface area (Å²) < 4.78 is 1.63.